The van der Waals surface area contributed by atoms with Crippen LogP contribution in [0.15, 0.2) is 48.5 Å². The number of halogens is 1. The summed E-state index contributed by atoms with van der Waals surface area (Å²) in [6.45, 7) is 1.37. The minimum absolute atomic E-state index is 0.166. The number of rotatable bonds is 5. The number of carbonyl (C=O) groups is 1. The van der Waals surface area contributed by atoms with E-state index in [-0.39, 0.29) is 11.7 Å². The van der Waals surface area contributed by atoms with Gasteiger partial charge in [0.15, 0.2) is 6.10 Å². The highest BCUT2D eigenvalue weighted by Crippen LogP contribution is 2.32. The highest BCUT2D eigenvalue weighted by molar-refractivity contribution is 5.83. The summed E-state index contributed by atoms with van der Waals surface area (Å²) in [6.07, 6.45) is -0.570. The molecule has 0 saturated carbocycles. The van der Waals surface area contributed by atoms with Crippen molar-refractivity contribution in [3.8, 4) is 11.5 Å². The molecule has 6 heteroatoms. The van der Waals surface area contributed by atoms with Crippen LogP contribution in [0, 0.1) is 5.82 Å². The van der Waals surface area contributed by atoms with E-state index in [1.807, 2.05) is 29.2 Å². The summed E-state index contributed by atoms with van der Waals surface area (Å²) in [7, 11) is 1.59. The third kappa shape index (κ3) is 3.59. The minimum Gasteiger partial charge on any atom is -0.492 e. The zero-order valence-electron chi connectivity index (χ0n) is 13.4. The summed E-state index contributed by atoms with van der Waals surface area (Å²) in [6, 6.07) is 13.6. The van der Waals surface area contributed by atoms with Gasteiger partial charge in [-0.15, -0.1) is 0 Å². The molecule has 1 N–H and O–H groups in total. The maximum Gasteiger partial charge on any atom is 0.262 e. The Labute approximate surface area is 140 Å². The van der Waals surface area contributed by atoms with E-state index in [0.717, 1.165) is 5.69 Å². The summed E-state index contributed by atoms with van der Waals surface area (Å²) in [5.41, 5.74) is 0.917. The van der Waals surface area contributed by atoms with Gasteiger partial charge in [0.1, 0.15) is 23.9 Å². The van der Waals surface area contributed by atoms with Gasteiger partial charge in [-0.25, -0.2) is 4.39 Å². The first kappa shape index (κ1) is 16.1. The van der Waals surface area contributed by atoms with Crippen molar-refractivity contribution >= 4 is 11.6 Å². The smallest absolute Gasteiger partial charge is 0.262 e. The molecule has 3 rings (SSSR count). The summed E-state index contributed by atoms with van der Waals surface area (Å²) < 4.78 is 24.5. The molecule has 5 nitrogen and oxygen atoms in total. The number of para-hydroxylation sites is 2. The van der Waals surface area contributed by atoms with Crippen molar-refractivity contribution < 1.29 is 18.7 Å². The van der Waals surface area contributed by atoms with Gasteiger partial charge >= 0.3 is 0 Å². The highest BCUT2D eigenvalue weighted by Gasteiger charge is 2.29. The second-order valence-electron chi connectivity index (χ2n) is 5.44. The molecule has 1 unspecified atom stereocenters. The zero-order valence-corrected chi connectivity index (χ0v) is 13.4. The van der Waals surface area contributed by atoms with Crippen LogP contribution in [0.4, 0.5) is 10.1 Å². The molecule has 1 heterocycles. The van der Waals surface area contributed by atoms with Crippen molar-refractivity contribution in [2.45, 2.75) is 6.10 Å². The monoisotopic (exact) mass is 330 g/mol. The lowest BCUT2D eigenvalue weighted by Crippen LogP contribution is -2.49. The lowest BCUT2D eigenvalue weighted by molar-refractivity contribution is -0.127. The normalized spacial score (nSPS) is 16.1. The van der Waals surface area contributed by atoms with Gasteiger partial charge in [0.05, 0.1) is 18.8 Å². The number of ether oxygens (including phenoxy) is 2. The van der Waals surface area contributed by atoms with E-state index in [1.165, 1.54) is 12.1 Å². The fourth-order valence-electron chi connectivity index (χ4n) is 2.65. The van der Waals surface area contributed by atoms with Crippen LogP contribution in [-0.4, -0.2) is 38.8 Å². The third-order valence-corrected chi connectivity index (χ3v) is 3.83. The fraction of sp³-hybridized carbons (Fsp3) is 0.278. The molecule has 2 aromatic carbocycles. The molecule has 1 aliphatic heterocycles. The molecule has 0 aromatic heterocycles. The molecule has 0 aliphatic carbocycles. The Kier molecular flexibility index (Phi) is 4.84. The molecule has 1 atom stereocenters. The fourth-order valence-corrected chi connectivity index (χ4v) is 2.65. The predicted octanol–water partition coefficient (Wildman–Crippen LogP) is 2.22. The van der Waals surface area contributed by atoms with E-state index in [4.69, 9.17) is 9.47 Å². The molecular weight excluding hydrogens is 311 g/mol. The lowest BCUT2D eigenvalue weighted by atomic mass is 10.2. The average molecular weight is 330 g/mol. The lowest BCUT2D eigenvalue weighted by Gasteiger charge is -2.35. The standard InChI is InChI=1S/C18H19FN2O3/c1-20-18(22)17-12-21(15-7-2-3-8-16(15)24-17)9-10-23-14-6-4-5-13(19)11-14/h2-8,11,17H,9-10,12H2,1H3,(H,20,22). The molecule has 1 aliphatic rings. The molecule has 24 heavy (non-hydrogen) atoms. The topological polar surface area (TPSA) is 50.8 Å². The van der Waals surface area contributed by atoms with Crippen LogP contribution in [0.2, 0.25) is 0 Å². The molecule has 0 fully saturated rings. The number of anilines is 1. The first-order valence-electron chi connectivity index (χ1n) is 7.78. The number of hydrogen-bond acceptors (Lipinski definition) is 4. The number of likely N-dealkylation sites (N-methyl/N-ethyl adjacent to an activating group) is 1. The number of nitrogens with zero attached hydrogens (tertiary/aromatic N) is 1. The van der Waals surface area contributed by atoms with Crippen LogP contribution < -0.4 is 19.7 Å². The first-order valence-corrected chi connectivity index (χ1v) is 7.78. The Morgan fingerprint density at radius 1 is 1.33 bits per heavy atom. The van der Waals surface area contributed by atoms with Gasteiger partial charge in [0.2, 0.25) is 0 Å². The van der Waals surface area contributed by atoms with Gasteiger partial charge in [-0.2, -0.15) is 0 Å². The van der Waals surface area contributed by atoms with Crippen molar-refractivity contribution in [3.05, 3.63) is 54.3 Å². The summed E-state index contributed by atoms with van der Waals surface area (Å²) in [5.74, 6) is 0.659. The van der Waals surface area contributed by atoms with Gasteiger partial charge in [-0.3, -0.25) is 4.79 Å². The van der Waals surface area contributed by atoms with E-state index >= 15 is 0 Å². The van der Waals surface area contributed by atoms with E-state index in [2.05, 4.69) is 5.32 Å². The van der Waals surface area contributed by atoms with Crippen molar-refractivity contribution in [1.29, 1.82) is 0 Å². The highest BCUT2D eigenvalue weighted by atomic mass is 19.1. The summed E-state index contributed by atoms with van der Waals surface area (Å²) in [4.78, 5) is 14.0. The molecule has 0 spiro atoms. The number of fused-ring (bicyclic) bond motifs is 1. The maximum atomic E-state index is 13.2. The Hall–Kier alpha value is -2.76. The number of amides is 1. The van der Waals surface area contributed by atoms with E-state index in [0.29, 0.717) is 31.2 Å². The summed E-state index contributed by atoms with van der Waals surface area (Å²) in [5, 5.41) is 2.61. The zero-order chi connectivity index (χ0) is 16.9. The second kappa shape index (κ2) is 7.21. The number of nitrogens with one attached hydrogen (secondary N) is 1. The quantitative estimate of drug-likeness (QED) is 0.913. The van der Waals surface area contributed by atoms with Crippen LogP contribution in [0.5, 0.6) is 11.5 Å². The van der Waals surface area contributed by atoms with Gasteiger partial charge < -0.3 is 19.7 Å². The Bertz CT molecular complexity index is 723. The van der Waals surface area contributed by atoms with Crippen LogP contribution in [-0.2, 0) is 4.79 Å². The largest absolute Gasteiger partial charge is 0.492 e. The number of benzene rings is 2. The van der Waals surface area contributed by atoms with Crippen LogP contribution in [0.25, 0.3) is 0 Å². The molecule has 1 amide bonds. The van der Waals surface area contributed by atoms with Gasteiger partial charge in [-0.05, 0) is 24.3 Å². The molecule has 2 aromatic rings. The molecule has 0 bridgehead atoms. The minimum atomic E-state index is -0.570. The van der Waals surface area contributed by atoms with Crippen LogP contribution in [0.3, 0.4) is 0 Å². The SMILES string of the molecule is CNC(=O)C1CN(CCOc2cccc(F)c2)c2ccccc2O1. The average Bonchev–Trinajstić information content (AvgIpc) is 2.61. The second-order valence-corrected chi connectivity index (χ2v) is 5.44. The van der Waals surface area contributed by atoms with Gasteiger partial charge in [0, 0.05) is 13.1 Å². The molecular formula is C18H19FN2O3. The first-order chi connectivity index (χ1) is 11.7. The third-order valence-electron chi connectivity index (χ3n) is 3.83. The molecule has 126 valence electrons. The summed E-state index contributed by atoms with van der Waals surface area (Å²) >= 11 is 0. The van der Waals surface area contributed by atoms with Crippen molar-refractivity contribution in [1.82, 2.24) is 5.32 Å². The molecule has 0 saturated heterocycles. The van der Waals surface area contributed by atoms with E-state index in [1.54, 1.807) is 19.2 Å². The van der Waals surface area contributed by atoms with E-state index in [9.17, 15) is 9.18 Å². The van der Waals surface area contributed by atoms with Crippen LogP contribution >= 0.6 is 0 Å². The molecule has 0 radical (unpaired) electrons. The Morgan fingerprint density at radius 2 is 2.17 bits per heavy atom. The number of hydrogen-bond donors (Lipinski definition) is 1. The maximum absolute atomic E-state index is 13.2. The van der Waals surface area contributed by atoms with Gasteiger partial charge in [0.25, 0.3) is 5.91 Å². The van der Waals surface area contributed by atoms with E-state index < -0.39 is 6.10 Å². The predicted molar refractivity (Wildman–Crippen MR) is 89.0 cm³/mol. The Morgan fingerprint density at radius 3 is 2.96 bits per heavy atom. The van der Waals surface area contributed by atoms with Gasteiger partial charge in [-0.1, -0.05) is 18.2 Å². The van der Waals surface area contributed by atoms with Crippen LogP contribution in [0.1, 0.15) is 0 Å². The van der Waals surface area contributed by atoms with Crippen molar-refractivity contribution in [3.63, 3.8) is 0 Å². The van der Waals surface area contributed by atoms with Crippen molar-refractivity contribution in [2.24, 2.45) is 0 Å². The number of carbonyl (C=O) groups excluding carboxylic acids is 1. The van der Waals surface area contributed by atoms with Crippen molar-refractivity contribution in [2.75, 3.05) is 31.6 Å². The Balaban J connectivity index is 1.68.